The zero-order valence-electron chi connectivity index (χ0n) is 15.6. The smallest absolute Gasteiger partial charge is 0.328 e. The molecule has 0 radical (unpaired) electrons. The number of hydrogen-bond donors (Lipinski definition) is 2. The van der Waals surface area contributed by atoms with Crippen LogP contribution in [0.25, 0.3) is 0 Å². The monoisotopic (exact) mass is 357 g/mol. The number of carbonyl (C=O) groups is 1. The molecule has 1 amide bonds. The highest BCUT2D eigenvalue weighted by Crippen LogP contribution is 2.22. The third-order valence-electron chi connectivity index (χ3n) is 4.35. The van der Waals surface area contributed by atoms with E-state index in [2.05, 4.69) is 41.5 Å². The quantitative estimate of drug-likeness (QED) is 0.761. The van der Waals surface area contributed by atoms with E-state index in [0.717, 1.165) is 24.8 Å². The number of benzene rings is 1. The van der Waals surface area contributed by atoms with Crippen molar-refractivity contribution in [3.8, 4) is 0 Å². The Labute approximate surface area is 153 Å². The summed E-state index contributed by atoms with van der Waals surface area (Å²) in [4.78, 5) is 37.4. The van der Waals surface area contributed by atoms with Crippen LogP contribution in [0.4, 0.5) is 0 Å². The number of aromatic amines is 1. The van der Waals surface area contributed by atoms with Crippen molar-refractivity contribution in [2.45, 2.75) is 52.6 Å². The molecule has 0 fully saturated rings. The number of unbranched alkanes of at least 4 members (excludes halogenated alkanes) is 1. The fourth-order valence-corrected chi connectivity index (χ4v) is 2.85. The molecule has 2 aromatic rings. The summed E-state index contributed by atoms with van der Waals surface area (Å²) >= 11 is 0. The van der Waals surface area contributed by atoms with Gasteiger partial charge in [0.1, 0.15) is 6.54 Å². The topological polar surface area (TPSA) is 84.0 Å². The van der Waals surface area contributed by atoms with Crippen molar-refractivity contribution in [3.63, 3.8) is 0 Å². The van der Waals surface area contributed by atoms with Crippen molar-refractivity contribution < 1.29 is 4.79 Å². The molecule has 0 aliphatic heterocycles. The molecule has 6 nitrogen and oxygen atoms in total. The number of nitrogens with zero attached hydrogens (tertiary/aromatic N) is 1. The van der Waals surface area contributed by atoms with E-state index in [-0.39, 0.29) is 24.4 Å². The number of aromatic nitrogens is 2. The van der Waals surface area contributed by atoms with Gasteiger partial charge in [0, 0.05) is 12.3 Å². The molecule has 2 rings (SSSR count). The highest BCUT2D eigenvalue weighted by atomic mass is 16.2. The molecule has 1 heterocycles. The van der Waals surface area contributed by atoms with E-state index in [1.165, 1.54) is 22.4 Å². The summed E-state index contributed by atoms with van der Waals surface area (Å²) in [6.07, 6.45) is 4.71. The van der Waals surface area contributed by atoms with Crippen LogP contribution < -0.4 is 16.6 Å². The van der Waals surface area contributed by atoms with Crippen molar-refractivity contribution in [3.05, 3.63) is 68.5 Å². The molecule has 2 N–H and O–H groups in total. The first-order chi connectivity index (χ1) is 12.4. The Morgan fingerprint density at radius 2 is 1.85 bits per heavy atom. The lowest BCUT2D eigenvalue weighted by atomic mass is 9.94. The van der Waals surface area contributed by atoms with Gasteiger partial charge in [0.15, 0.2) is 0 Å². The molecule has 0 spiro atoms. The second-order valence-corrected chi connectivity index (χ2v) is 6.87. The SMILES string of the molecule is CCCCc1ccc([C@H](NC(=O)Cn2ccc(=O)[nH]c2=O)C(C)C)cc1. The molecule has 1 atom stereocenters. The van der Waals surface area contributed by atoms with E-state index in [0.29, 0.717) is 0 Å². The lowest BCUT2D eigenvalue weighted by Crippen LogP contribution is -2.38. The van der Waals surface area contributed by atoms with E-state index < -0.39 is 11.2 Å². The van der Waals surface area contributed by atoms with Gasteiger partial charge in [0.25, 0.3) is 5.56 Å². The van der Waals surface area contributed by atoms with Crippen molar-refractivity contribution >= 4 is 5.91 Å². The normalized spacial score (nSPS) is 12.2. The minimum Gasteiger partial charge on any atom is -0.347 e. The highest BCUT2D eigenvalue weighted by Gasteiger charge is 2.18. The van der Waals surface area contributed by atoms with Crippen LogP contribution in [0.2, 0.25) is 0 Å². The molecule has 26 heavy (non-hydrogen) atoms. The zero-order chi connectivity index (χ0) is 19.1. The van der Waals surface area contributed by atoms with Crippen LogP contribution in [-0.4, -0.2) is 15.5 Å². The molecule has 1 aromatic heterocycles. The number of rotatable bonds is 8. The Hall–Kier alpha value is -2.63. The molecule has 140 valence electrons. The maximum absolute atomic E-state index is 12.4. The van der Waals surface area contributed by atoms with Gasteiger partial charge >= 0.3 is 5.69 Å². The van der Waals surface area contributed by atoms with Crippen molar-refractivity contribution in [2.75, 3.05) is 0 Å². The van der Waals surface area contributed by atoms with Crippen LogP contribution in [-0.2, 0) is 17.8 Å². The fraction of sp³-hybridized carbons (Fsp3) is 0.450. The minimum atomic E-state index is -0.589. The summed E-state index contributed by atoms with van der Waals surface area (Å²) in [6.45, 7) is 6.13. The third kappa shape index (κ3) is 5.44. The van der Waals surface area contributed by atoms with Gasteiger partial charge in [-0.1, -0.05) is 51.5 Å². The van der Waals surface area contributed by atoms with Gasteiger partial charge in [0.05, 0.1) is 6.04 Å². The minimum absolute atomic E-state index is 0.132. The number of carbonyl (C=O) groups excluding carboxylic acids is 1. The second-order valence-electron chi connectivity index (χ2n) is 6.87. The molecular formula is C20H27N3O3. The van der Waals surface area contributed by atoms with Gasteiger partial charge in [-0.05, 0) is 29.9 Å². The summed E-state index contributed by atoms with van der Waals surface area (Å²) in [6, 6.07) is 9.42. The average Bonchev–Trinajstić information content (AvgIpc) is 2.60. The Morgan fingerprint density at radius 1 is 1.15 bits per heavy atom. The standard InChI is InChI=1S/C20H27N3O3/c1-4-5-6-15-7-9-16(10-8-15)19(14(2)3)21-18(25)13-23-12-11-17(24)22-20(23)26/h7-12,14,19H,4-6,13H2,1-3H3,(H,21,25)(H,22,24,26)/t19-/m1/s1. The average molecular weight is 357 g/mol. The van der Waals surface area contributed by atoms with Gasteiger partial charge in [-0.3, -0.25) is 19.1 Å². The molecule has 0 bridgehead atoms. The van der Waals surface area contributed by atoms with E-state index in [1.54, 1.807) is 0 Å². The molecular weight excluding hydrogens is 330 g/mol. The predicted octanol–water partition coefficient (Wildman–Crippen LogP) is 2.39. The second kappa shape index (κ2) is 9.17. The van der Waals surface area contributed by atoms with Crippen LogP contribution in [0.3, 0.4) is 0 Å². The van der Waals surface area contributed by atoms with Crippen molar-refractivity contribution in [1.29, 1.82) is 0 Å². The van der Waals surface area contributed by atoms with Crippen molar-refractivity contribution in [1.82, 2.24) is 14.9 Å². The van der Waals surface area contributed by atoms with E-state index in [9.17, 15) is 14.4 Å². The molecule has 0 saturated carbocycles. The number of nitrogens with one attached hydrogen (secondary N) is 2. The molecule has 0 aliphatic rings. The first kappa shape index (κ1) is 19.7. The van der Waals surface area contributed by atoms with Crippen molar-refractivity contribution in [2.24, 2.45) is 5.92 Å². The van der Waals surface area contributed by atoms with Crippen LogP contribution in [0, 0.1) is 5.92 Å². The van der Waals surface area contributed by atoms with Gasteiger partial charge < -0.3 is 5.32 Å². The van der Waals surface area contributed by atoms with E-state index in [4.69, 9.17) is 0 Å². The highest BCUT2D eigenvalue weighted by molar-refractivity contribution is 5.76. The Balaban J connectivity index is 2.08. The lowest BCUT2D eigenvalue weighted by Gasteiger charge is -2.23. The molecule has 6 heteroatoms. The summed E-state index contributed by atoms with van der Waals surface area (Å²) in [5.41, 5.74) is 1.27. The lowest BCUT2D eigenvalue weighted by molar-refractivity contribution is -0.122. The summed E-state index contributed by atoms with van der Waals surface area (Å²) in [5, 5.41) is 3.00. The van der Waals surface area contributed by atoms with Crippen LogP contribution in [0.5, 0.6) is 0 Å². The van der Waals surface area contributed by atoms with Crippen LogP contribution in [0.15, 0.2) is 46.1 Å². The Bertz CT molecular complexity index is 834. The van der Waals surface area contributed by atoms with Gasteiger partial charge in [0.2, 0.25) is 5.91 Å². The fourth-order valence-electron chi connectivity index (χ4n) is 2.85. The first-order valence-electron chi connectivity index (χ1n) is 9.08. The zero-order valence-corrected chi connectivity index (χ0v) is 15.6. The Morgan fingerprint density at radius 3 is 2.42 bits per heavy atom. The summed E-state index contributed by atoms with van der Waals surface area (Å²) in [5.74, 6) is -0.0688. The van der Waals surface area contributed by atoms with E-state index in [1.807, 2.05) is 13.8 Å². The van der Waals surface area contributed by atoms with Gasteiger partial charge in [-0.15, -0.1) is 0 Å². The largest absolute Gasteiger partial charge is 0.347 e. The molecule has 0 saturated heterocycles. The summed E-state index contributed by atoms with van der Waals surface area (Å²) < 4.78 is 1.18. The maximum Gasteiger partial charge on any atom is 0.328 e. The molecule has 0 aliphatic carbocycles. The summed E-state index contributed by atoms with van der Waals surface area (Å²) in [7, 11) is 0. The van der Waals surface area contributed by atoms with Crippen LogP contribution in [0.1, 0.15) is 50.8 Å². The first-order valence-corrected chi connectivity index (χ1v) is 9.08. The van der Waals surface area contributed by atoms with E-state index >= 15 is 0 Å². The predicted molar refractivity (Wildman–Crippen MR) is 102 cm³/mol. The third-order valence-corrected chi connectivity index (χ3v) is 4.35. The number of H-pyrrole nitrogens is 1. The van der Waals surface area contributed by atoms with Gasteiger partial charge in [-0.2, -0.15) is 0 Å². The number of hydrogen-bond acceptors (Lipinski definition) is 3. The number of aryl methyl sites for hydroxylation is 1. The molecule has 1 aromatic carbocycles. The molecule has 0 unspecified atom stereocenters. The van der Waals surface area contributed by atoms with Crippen LogP contribution >= 0.6 is 0 Å². The van der Waals surface area contributed by atoms with Gasteiger partial charge in [-0.25, -0.2) is 4.79 Å². The Kier molecular flexibility index (Phi) is 6.95. The number of amides is 1. The maximum atomic E-state index is 12.4.